The lowest BCUT2D eigenvalue weighted by Crippen LogP contribution is -2.28. The summed E-state index contributed by atoms with van der Waals surface area (Å²) in [5.41, 5.74) is 2.86. The van der Waals surface area contributed by atoms with Crippen molar-refractivity contribution in [2.45, 2.75) is 26.2 Å². The van der Waals surface area contributed by atoms with Gasteiger partial charge in [-0.1, -0.05) is 6.07 Å². The Labute approximate surface area is 186 Å². The summed E-state index contributed by atoms with van der Waals surface area (Å²) in [5.74, 6) is 0.233. The third-order valence-corrected chi connectivity index (χ3v) is 5.79. The van der Waals surface area contributed by atoms with Crippen molar-refractivity contribution in [1.29, 1.82) is 5.26 Å². The summed E-state index contributed by atoms with van der Waals surface area (Å²) in [7, 11) is 0. The van der Waals surface area contributed by atoms with Crippen molar-refractivity contribution in [3.05, 3.63) is 69.8 Å². The molecule has 1 aromatic carbocycles. The lowest BCUT2D eigenvalue weighted by molar-refractivity contribution is 0.0951. The molecule has 3 aromatic rings. The van der Waals surface area contributed by atoms with Crippen molar-refractivity contribution in [1.82, 2.24) is 25.0 Å². The minimum absolute atomic E-state index is 0.168. The van der Waals surface area contributed by atoms with Gasteiger partial charge in [-0.2, -0.15) is 5.26 Å². The molecule has 4 rings (SSSR count). The summed E-state index contributed by atoms with van der Waals surface area (Å²) in [6, 6.07) is 10.6. The zero-order valence-electron chi connectivity index (χ0n) is 18.1. The van der Waals surface area contributed by atoms with Crippen LogP contribution in [0.4, 0.5) is 0 Å². The van der Waals surface area contributed by atoms with Crippen LogP contribution in [-0.2, 0) is 0 Å². The first-order chi connectivity index (χ1) is 15.6. The number of nitriles is 1. The number of likely N-dealkylation sites (tertiary alicyclic amines) is 1. The quantitative estimate of drug-likeness (QED) is 0.561. The van der Waals surface area contributed by atoms with E-state index in [2.05, 4.69) is 26.4 Å². The highest BCUT2D eigenvalue weighted by molar-refractivity contribution is 5.93. The molecule has 0 atom stereocenters. The molecule has 2 aromatic heterocycles. The van der Waals surface area contributed by atoms with Gasteiger partial charge in [0.05, 0.1) is 22.8 Å². The van der Waals surface area contributed by atoms with E-state index in [1.165, 1.54) is 23.7 Å². The maximum atomic E-state index is 12.9. The van der Waals surface area contributed by atoms with Crippen molar-refractivity contribution in [3.8, 4) is 23.0 Å². The lowest BCUT2D eigenvalue weighted by Gasteiger charge is -2.14. The molecular formula is C24H26N6O2. The van der Waals surface area contributed by atoms with E-state index in [4.69, 9.17) is 5.26 Å². The minimum atomic E-state index is -0.246. The van der Waals surface area contributed by atoms with E-state index in [9.17, 15) is 9.59 Å². The first-order valence-electron chi connectivity index (χ1n) is 10.9. The van der Waals surface area contributed by atoms with Gasteiger partial charge in [0, 0.05) is 18.9 Å². The van der Waals surface area contributed by atoms with Crippen molar-refractivity contribution in [3.63, 3.8) is 0 Å². The number of hydrogen-bond acceptors (Lipinski definition) is 5. The monoisotopic (exact) mass is 430 g/mol. The number of carbonyl (C=O) groups excluding carboxylic acids is 1. The molecule has 32 heavy (non-hydrogen) atoms. The Hall–Kier alpha value is -3.70. The molecule has 8 nitrogen and oxygen atoms in total. The predicted molar refractivity (Wildman–Crippen MR) is 122 cm³/mol. The van der Waals surface area contributed by atoms with Gasteiger partial charge in [0.2, 0.25) is 0 Å². The normalized spacial score (nSPS) is 13.8. The molecule has 2 N–H and O–H groups in total. The Morgan fingerprint density at radius 3 is 2.72 bits per heavy atom. The van der Waals surface area contributed by atoms with Crippen LogP contribution in [-0.4, -0.2) is 51.8 Å². The van der Waals surface area contributed by atoms with Gasteiger partial charge in [0.15, 0.2) is 5.82 Å². The molecule has 1 amide bonds. The zero-order valence-corrected chi connectivity index (χ0v) is 18.1. The summed E-state index contributed by atoms with van der Waals surface area (Å²) in [4.78, 5) is 32.0. The van der Waals surface area contributed by atoms with Crippen LogP contribution in [0.3, 0.4) is 0 Å². The highest BCUT2D eigenvalue weighted by Crippen LogP contribution is 2.21. The highest BCUT2D eigenvalue weighted by Gasteiger charge is 2.14. The maximum absolute atomic E-state index is 12.9. The summed E-state index contributed by atoms with van der Waals surface area (Å²) in [6.07, 6.45) is 6.56. The van der Waals surface area contributed by atoms with Gasteiger partial charge in [-0.05, 0) is 81.2 Å². The number of hydrogen-bond donors (Lipinski definition) is 2. The Morgan fingerprint density at radius 2 is 2.03 bits per heavy atom. The van der Waals surface area contributed by atoms with E-state index in [1.54, 1.807) is 36.5 Å². The SMILES string of the molecule is Cc1cc(C#N)ccc1-c1c[nH]n(-c2ccc(C(=O)NCCCN3CCCC3)cn2)c1=O. The molecular weight excluding hydrogens is 404 g/mol. The second-order valence-electron chi connectivity index (χ2n) is 8.03. The number of benzene rings is 1. The molecule has 0 unspecified atom stereocenters. The first-order valence-corrected chi connectivity index (χ1v) is 10.9. The molecule has 0 aliphatic carbocycles. The number of aromatic nitrogens is 3. The average molecular weight is 431 g/mol. The molecule has 1 aliphatic heterocycles. The number of amides is 1. The number of pyridine rings is 1. The Bertz CT molecular complexity index is 1200. The van der Waals surface area contributed by atoms with E-state index < -0.39 is 0 Å². The topological polar surface area (TPSA) is 107 Å². The van der Waals surface area contributed by atoms with Gasteiger partial charge < -0.3 is 10.2 Å². The largest absolute Gasteiger partial charge is 0.352 e. The van der Waals surface area contributed by atoms with Gasteiger partial charge >= 0.3 is 0 Å². The highest BCUT2D eigenvalue weighted by atomic mass is 16.1. The molecule has 0 saturated carbocycles. The fourth-order valence-electron chi connectivity index (χ4n) is 4.03. The third kappa shape index (κ3) is 4.63. The molecule has 1 aliphatic rings. The molecule has 164 valence electrons. The second kappa shape index (κ2) is 9.62. The van der Waals surface area contributed by atoms with Crippen LogP contribution in [0.15, 0.2) is 47.5 Å². The van der Waals surface area contributed by atoms with E-state index >= 15 is 0 Å². The molecule has 0 spiro atoms. The minimum Gasteiger partial charge on any atom is -0.352 e. The number of aryl methyl sites for hydroxylation is 1. The van der Waals surface area contributed by atoms with Gasteiger partial charge in [-0.25, -0.2) is 9.67 Å². The number of aromatic amines is 1. The second-order valence-corrected chi connectivity index (χ2v) is 8.03. The van der Waals surface area contributed by atoms with Crippen LogP contribution >= 0.6 is 0 Å². The number of H-pyrrole nitrogens is 1. The van der Waals surface area contributed by atoms with Gasteiger partial charge in [0.25, 0.3) is 11.5 Å². The predicted octanol–water partition coefficient (Wildman–Crippen LogP) is 2.62. The summed E-state index contributed by atoms with van der Waals surface area (Å²) >= 11 is 0. The summed E-state index contributed by atoms with van der Waals surface area (Å²) in [6.45, 7) is 5.81. The van der Waals surface area contributed by atoms with Gasteiger partial charge in [0.1, 0.15) is 0 Å². The number of nitrogens with zero attached hydrogens (tertiary/aromatic N) is 4. The summed E-state index contributed by atoms with van der Waals surface area (Å²) in [5, 5.41) is 14.9. The fraction of sp³-hybridized carbons (Fsp3) is 0.333. The van der Waals surface area contributed by atoms with Crippen LogP contribution in [0.5, 0.6) is 0 Å². The zero-order chi connectivity index (χ0) is 22.5. The standard InChI is InChI=1S/C24H26N6O2/c1-17-13-18(14-25)5-7-20(17)21-16-28-30(24(21)32)22-8-6-19(15-27-22)23(31)26-9-4-12-29-10-2-3-11-29/h5-8,13,15-16,28H,2-4,9-12H2,1H3,(H,26,31). The van der Waals surface area contributed by atoms with Crippen molar-refractivity contribution >= 4 is 5.91 Å². The van der Waals surface area contributed by atoms with Crippen LogP contribution in [0.2, 0.25) is 0 Å². The number of rotatable bonds is 7. The van der Waals surface area contributed by atoms with Crippen LogP contribution in [0, 0.1) is 18.3 Å². The summed E-state index contributed by atoms with van der Waals surface area (Å²) < 4.78 is 1.34. The van der Waals surface area contributed by atoms with Gasteiger partial charge in [-0.3, -0.25) is 14.7 Å². The molecule has 8 heteroatoms. The Kier molecular flexibility index (Phi) is 6.47. The molecule has 1 fully saturated rings. The maximum Gasteiger partial charge on any atom is 0.280 e. The van der Waals surface area contributed by atoms with Gasteiger partial charge in [-0.15, -0.1) is 0 Å². The first kappa shape index (κ1) is 21.5. The average Bonchev–Trinajstić information content (AvgIpc) is 3.46. The Balaban J connectivity index is 1.41. The molecule has 0 radical (unpaired) electrons. The molecule has 3 heterocycles. The van der Waals surface area contributed by atoms with Crippen LogP contribution in [0.25, 0.3) is 16.9 Å². The van der Waals surface area contributed by atoms with Crippen molar-refractivity contribution in [2.24, 2.45) is 0 Å². The Morgan fingerprint density at radius 1 is 1.22 bits per heavy atom. The number of nitrogens with one attached hydrogen (secondary N) is 2. The van der Waals surface area contributed by atoms with E-state index in [0.717, 1.165) is 37.2 Å². The lowest BCUT2D eigenvalue weighted by atomic mass is 10.0. The van der Waals surface area contributed by atoms with Crippen molar-refractivity contribution < 1.29 is 4.79 Å². The van der Waals surface area contributed by atoms with E-state index in [-0.39, 0.29) is 11.5 Å². The van der Waals surface area contributed by atoms with Crippen molar-refractivity contribution in [2.75, 3.05) is 26.2 Å². The van der Waals surface area contributed by atoms with E-state index in [1.807, 2.05) is 6.92 Å². The van der Waals surface area contributed by atoms with E-state index in [0.29, 0.717) is 29.1 Å². The smallest absolute Gasteiger partial charge is 0.280 e. The molecule has 0 bridgehead atoms. The molecule has 1 saturated heterocycles. The number of carbonyl (C=O) groups is 1. The van der Waals surface area contributed by atoms with Crippen LogP contribution < -0.4 is 10.9 Å². The fourth-order valence-corrected chi connectivity index (χ4v) is 4.03. The third-order valence-electron chi connectivity index (χ3n) is 5.79. The van der Waals surface area contributed by atoms with Crippen LogP contribution in [0.1, 0.15) is 40.7 Å².